The topological polar surface area (TPSA) is 90.0 Å². The fraction of sp³-hybridized carbons (Fsp3) is 0.467. The summed E-state index contributed by atoms with van der Waals surface area (Å²) in [6.07, 6.45) is 0. The van der Waals surface area contributed by atoms with Gasteiger partial charge in [0.15, 0.2) is 0 Å². The monoisotopic (exact) mass is 390 g/mol. The number of amides is 2. The van der Waals surface area contributed by atoms with Crippen molar-refractivity contribution in [2.75, 3.05) is 53.6 Å². The highest BCUT2D eigenvalue weighted by Gasteiger charge is 2.19. The summed E-state index contributed by atoms with van der Waals surface area (Å²) in [7, 11) is 4.09. The molecule has 0 spiro atoms. The van der Waals surface area contributed by atoms with E-state index in [4.69, 9.17) is 11.6 Å². The molecule has 1 aromatic carbocycles. The van der Waals surface area contributed by atoms with Crippen LogP contribution in [0.2, 0.25) is 5.02 Å². The number of carbonyl (C=O) groups excluding carboxylic acids is 2. The summed E-state index contributed by atoms with van der Waals surface area (Å²) in [6.45, 7) is 0.0454. The number of sulfonamides is 1. The fourth-order valence-electron chi connectivity index (χ4n) is 1.83. The van der Waals surface area contributed by atoms with E-state index in [-0.39, 0.29) is 34.6 Å². The van der Waals surface area contributed by atoms with Gasteiger partial charge in [-0.05, 0) is 25.2 Å². The highest BCUT2D eigenvalue weighted by Crippen LogP contribution is 2.26. The lowest BCUT2D eigenvalue weighted by Crippen LogP contribution is -2.38. The van der Waals surface area contributed by atoms with E-state index in [0.717, 1.165) is 4.31 Å². The summed E-state index contributed by atoms with van der Waals surface area (Å²) in [6, 6.07) is 4.09. The van der Waals surface area contributed by atoms with Gasteiger partial charge >= 0.3 is 0 Å². The molecular formula is C15H23ClN4O4S. The van der Waals surface area contributed by atoms with Gasteiger partial charge in [-0.1, -0.05) is 11.6 Å². The van der Waals surface area contributed by atoms with Crippen LogP contribution in [0.3, 0.4) is 0 Å². The number of carbonyl (C=O) groups is 2. The van der Waals surface area contributed by atoms with Gasteiger partial charge in [0.25, 0.3) is 0 Å². The van der Waals surface area contributed by atoms with Crippen molar-refractivity contribution < 1.29 is 18.0 Å². The fourth-order valence-corrected chi connectivity index (χ4v) is 2.93. The molecular weight excluding hydrogens is 368 g/mol. The summed E-state index contributed by atoms with van der Waals surface area (Å²) in [5.74, 6) is -0.539. The van der Waals surface area contributed by atoms with E-state index in [9.17, 15) is 18.0 Å². The molecule has 10 heteroatoms. The Hall–Kier alpha value is -1.68. The molecule has 8 nitrogen and oxygen atoms in total. The van der Waals surface area contributed by atoms with Gasteiger partial charge in [-0.3, -0.25) is 14.5 Å². The largest absolute Gasteiger partial charge is 0.348 e. The van der Waals surface area contributed by atoms with Gasteiger partial charge < -0.3 is 10.2 Å². The van der Waals surface area contributed by atoms with Crippen LogP contribution in [0.5, 0.6) is 0 Å². The third-order valence-electron chi connectivity index (χ3n) is 3.31. The number of likely N-dealkylation sites (N-methyl/N-ethyl adjacent to an activating group) is 2. The second-order valence-electron chi connectivity index (χ2n) is 5.94. The maximum atomic E-state index is 12.2. The molecule has 0 bridgehead atoms. The Kier molecular flexibility index (Phi) is 7.36. The molecule has 0 aliphatic heterocycles. The third-order valence-corrected chi connectivity index (χ3v) is 5.45. The Balaban J connectivity index is 2.86. The number of benzene rings is 1. The van der Waals surface area contributed by atoms with E-state index in [1.165, 1.54) is 37.2 Å². The van der Waals surface area contributed by atoms with E-state index < -0.39 is 15.9 Å². The molecule has 0 saturated carbocycles. The summed E-state index contributed by atoms with van der Waals surface area (Å²) in [4.78, 5) is 26.8. The van der Waals surface area contributed by atoms with E-state index in [0.29, 0.717) is 0 Å². The average Bonchev–Trinajstić information content (AvgIpc) is 2.48. The van der Waals surface area contributed by atoms with Crippen LogP contribution in [0.1, 0.15) is 0 Å². The first-order valence-corrected chi connectivity index (χ1v) is 9.17. The molecule has 0 radical (unpaired) electrons. The molecule has 0 unspecified atom stereocenters. The first-order chi connectivity index (χ1) is 11.4. The van der Waals surface area contributed by atoms with Crippen LogP contribution in [-0.4, -0.2) is 82.7 Å². The predicted molar refractivity (Wildman–Crippen MR) is 97.1 cm³/mol. The Morgan fingerprint density at radius 3 is 2.20 bits per heavy atom. The van der Waals surface area contributed by atoms with Crippen LogP contribution in [0, 0.1) is 0 Å². The first kappa shape index (κ1) is 21.4. The second-order valence-corrected chi connectivity index (χ2v) is 8.50. The van der Waals surface area contributed by atoms with Gasteiger partial charge in [0.2, 0.25) is 21.8 Å². The minimum atomic E-state index is -3.64. The van der Waals surface area contributed by atoms with Gasteiger partial charge in [-0.15, -0.1) is 0 Å². The molecule has 25 heavy (non-hydrogen) atoms. The second kappa shape index (κ2) is 8.61. The molecule has 0 aromatic heterocycles. The molecule has 2 amide bonds. The third kappa shape index (κ3) is 5.96. The lowest BCUT2D eigenvalue weighted by molar-refractivity contribution is -0.130. The number of anilines is 1. The zero-order valence-electron chi connectivity index (χ0n) is 14.9. The van der Waals surface area contributed by atoms with Gasteiger partial charge in [0.1, 0.15) is 0 Å². The summed E-state index contributed by atoms with van der Waals surface area (Å²) >= 11 is 6.03. The summed E-state index contributed by atoms with van der Waals surface area (Å²) < 4.78 is 25.4. The smallest absolute Gasteiger partial charge is 0.242 e. The molecule has 1 aromatic rings. The van der Waals surface area contributed by atoms with Gasteiger partial charge in [-0.25, -0.2) is 12.7 Å². The SMILES string of the molecule is CN(CC(=O)Nc1cc(S(=O)(=O)N(C)C)ccc1Cl)CC(=O)N(C)C. The summed E-state index contributed by atoms with van der Waals surface area (Å²) in [5, 5.41) is 2.80. The van der Waals surface area contributed by atoms with Crippen molar-refractivity contribution in [3.63, 3.8) is 0 Å². The maximum Gasteiger partial charge on any atom is 0.242 e. The number of nitrogens with zero attached hydrogens (tertiary/aromatic N) is 3. The maximum absolute atomic E-state index is 12.2. The molecule has 0 saturated heterocycles. The Bertz CT molecular complexity index is 750. The van der Waals surface area contributed by atoms with Crippen LogP contribution in [0.15, 0.2) is 23.1 Å². The molecule has 0 aliphatic rings. The Labute approximate surface area is 153 Å². The van der Waals surface area contributed by atoms with Crippen molar-refractivity contribution in [3.8, 4) is 0 Å². The quantitative estimate of drug-likeness (QED) is 0.734. The number of nitrogens with one attached hydrogen (secondary N) is 1. The highest BCUT2D eigenvalue weighted by molar-refractivity contribution is 7.89. The number of hydrogen-bond acceptors (Lipinski definition) is 5. The van der Waals surface area contributed by atoms with Gasteiger partial charge in [0.05, 0.1) is 28.7 Å². The standard InChI is InChI=1S/C15H23ClN4O4S/c1-18(2)15(22)10-20(5)9-14(21)17-13-8-11(6-7-12(13)16)25(23,24)19(3)4/h6-8H,9-10H2,1-5H3,(H,17,21). The van der Waals surface area contributed by atoms with Crippen molar-refractivity contribution in [1.29, 1.82) is 0 Å². The molecule has 0 atom stereocenters. The van der Waals surface area contributed by atoms with Gasteiger partial charge in [-0.2, -0.15) is 0 Å². The van der Waals surface area contributed by atoms with Crippen molar-refractivity contribution >= 4 is 39.1 Å². The lowest BCUT2D eigenvalue weighted by Gasteiger charge is -2.19. The number of hydrogen-bond donors (Lipinski definition) is 1. The van der Waals surface area contributed by atoms with Crippen molar-refractivity contribution in [1.82, 2.24) is 14.1 Å². The van der Waals surface area contributed by atoms with Crippen molar-refractivity contribution in [3.05, 3.63) is 23.2 Å². The van der Waals surface area contributed by atoms with Crippen LogP contribution in [0.4, 0.5) is 5.69 Å². The number of rotatable bonds is 7. The number of halogens is 1. The summed E-state index contributed by atoms with van der Waals surface area (Å²) in [5.41, 5.74) is 0.196. The van der Waals surface area contributed by atoms with Crippen LogP contribution in [-0.2, 0) is 19.6 Å². The molecule has 0 heterocycles. The van der Waals surface area contributed by atoms with Crippen molar-refractivity contribution in [2.24, 2.45) is 0 Å². The van der Waals surface area contributed by atoms with Gasteiger partial charge in [0, 0.05) is 28.2 Å². The molecule has 0 fully saturated rings. The minimum Gasteiger partial charge on any atom is -0.348 e. The molecule has 1 rings (SSSR count). The Morgan fingerprint density at radius 1 is 1.08 bits per heavy atom. The van der Waals surface area contributed by atoms with Crippen LogP contribution >= 0.6 is 11.6 Å². The highest BCUT2D eigenvalue weighted by atomic mass is 35.5. The average molecular weight is 391 g/mol. The molecule has 0 aliphatic carbocycles. The van der Waals surface area contributed by atoms with E-state index in [1.807, 2.05) is 0 Å². The van der Waals surface area contributed by atoms with E-state index in [2.05, 4.69) is 5.32 Å². The minimum absolute atomic E-state index is 0.0216. The molecule has 1 N–H and O–H groups in total. The normalized spacial score (nSPS) is 11.7. The molecule has 140 valence electrons. The van der Waals surface area contributed by atoms with Crippen LogP contribution < -0.4 is 5.32 Å². The van der Waals surface area contributed by atoms with Crippen molar-refractivity contribution in [2.45, 2.75) is 4.90 Å². The zero-order chi connectivity index (χ0) is 19.4. The lowest BCUT2D eigenvalue weighted by atomic mass is 10.3. The van der Waals surface area contributed by atoms with E-state index in [1.54, 1.807) is 26.0 Å². The first-order valence-electron chi connectivity index (χ1n) is 7.35. The van der Waals surface area contributed by atoms with Crippen LogP contribution in [0.25, 0.3) is 0 Å². The Morgan fingerprint density at radius 2 is 1.68 bits per heavy atom. The zero-order valence-corrected chi connectivity index (χ0v) is 16.5. The van der Waals surface area contributed by atoms with E-state index >= 15 is 0 Å². The predicted octanol–water partition coefficient (Wildman–Crippen LogP) is 0.549.